The summed E-state index contributed by atoms with van der Waals surface area (Å²) in [5, 5.41) is 24.8. The maximum atomic E-state index is 11.3. The number of aliphatic hydroxyl groups excluding tert-OH is 1. The predicted octanol–water partition coefficient (Wildman–Crippen LogP) is -1.60. The third kappa shape index (κ3) is 5.00. The van der Waals surface area contributed by atoms with E-state index in [2.05, 4.69) is 16.0 Å². The van der Waals surface area contributed by atoms with Gasteiger partial charge in [0.2, 0.25) is 5.91 Å². The summed E-state index contributed by atoms with van der Waals surface area (Å²) in [5.74, 6) is -1.67. The molecule has 1 fully saturated rings. The van der Waals surface area contributed by atoms with Gasteiger partial charge in [0.15, 0.2) is 6.04 Å². The van der Waals surface area contributed by atoms with Crippen LogP contribution in [0, 0.1) is 0 Å². The summed E-state index contributed by atoms with van der Waals surface area (Å²) in [6.45, 7) is 1.02. The molecule has 1 rings (SSSR count). The van der Waals surface area contributed by atoms with Crippen LogP contribution in [0.4, 0.5) is 4.79 Å². The molecule has 2 unspecified atom stereocenters. The van der Waals surface area contributed by atoms with E-state index in [1.165, 1.54) is 6.92 Å². The third-order valence-corrected chi connectivity index (χ3v) is 2.39. The summed E-state index contributed by atoms with van der Waals surface area (Å²) in [6, 6.07) is -2.02. The molecule has 3 amide bonds. The fraction of sp³-hybridized carbons (Fsp3) is 0.700. The highest BCUT2D eigenvalue weighted by Gasteiger charge is 2.26. The second-order valence-electron chi connectivity index (χ2n) is 4.23. The van der Waals surface area contributed by atoms with Gasteiger partial charge in [0.25, 0.3) is 0 Å². The number of nitrogens with one attached hydrogen (secondary N) is 3. The van der Waals surface area contributed by atoms with E-state index in [0.717, 1.165) is 12.8 Å². The minimum absolute atomic E-state index is 0.201. The summed E-state index contributed by atoms with van der Waals surface area (Å²) >= 11 is 0. The smallest absolute Gasteiger partial charge is 0.328 e. The van der Waals surface area contributed by atoms with Crippen LogP contribution in [-0.4, -0.2) is 52.9 Å². The third-order valence-electron chi connectivity index (χ3n) is 2.39. The number of hydrogen-bond donors (Lipinski definition) is 5. The van der Waals surface area contributed by atoms with Crippen molar-refractivity contribution in [1.29, 1.82) is 0 Å². The molecule has 18 heavy (non-hydrogen) atoms. The minimum Gasteiger partial charge on any atom is -0.480 e. The van der Waals surface area contributed by atoms with Crippen LogP contribution < -0.4 is 16.0 Å². The Morgan fingerprint density at radius 1 is 1.33 bits per heavy atom. The zero-order valence-electron chi connectivity index (χ0n) is 9.97. The second-order valence-corrected chi connectivity index (χ2v) is 4.23. The molecular weight excluding hydrogens is 242 g/mol. The number of hydrogen-bond acceptors (Lipinski definition) is 4. The van der Waals surface area contributed by atoms with E-state index in [1.807, 2.05) is 0 Å². The maximum Gasteiger partial charge on any atom is 0.328 e. The fourth-order valence-electron chi connectivity index (χ4n) is 1.25. The van der Waals surface area contributed by atoms with Crippen molar-refractivity contribution in [3.8, 4) is 0 Å². The molecule has 0 aromatic rings. The van der Waals surface area contributed by atoms with Crippen molar-refractivity contribution >= 4 is 17.9 Å². The van der Waals surface area contributed by atoms with Crippen LogP contribution in [-0.2, 0) is 9.59 Å². The van der Waals surface area contributed by atoms with E-state index in [4.69, 9.17) is 10.2 Å². The van der Waals surface area contributed by atoms with Gasteiger partial charge in [-0.3, -0.25) is 4.79 Å². The molecule has 2 atom stereocenters. The van der Waals surface area contributed by atoms with Gasteiger partial charge in [-0.2, -0.15) is 0 Å². The van der Waals surface area contributed by atoms with Crippen LogP contribution in [0.15, 0.2) is 0 Å². The Morgan fingerprint density at radius 2 is 1.94 bits per heavy atom. The molecule has 0 heterocycles. The Morgan fingerprint density at radius 3 is 2.39 bits per heavy atom. The Balaban J connectivity index is 2.26. The molecule has 102 valence electrons. The van der Waals surface area contributed by atoms with Crippen LogP contribution >= 0.6 is 0 Å². The molecule has 8 nitrogen and oxygen atoms in total. The van der Waals surface area contributed by atoms with Crippen molar-refractivity contribution in [1.82, 2.24) is 16.0 Å². The van der Waals surface area contributed by atoms with Gasteiger partial charge in [-0.05, 0) is 19.8 Å². The molecule has 1 aliphatic carbocycles. The SMILES string of the molecule is CC(O)C(NC(=O)NCC(=O)NC1CC1)C(=O)O. The van der Waals surface area contributed by atoms with Crippen LogP contribution in [0.5, 0.6) is 0 Å². The zero-order valence-corrected chi connectivity index (χ0v) is 9.97. The lowest BCUT2D eigenvalue weighted by atomic mass is 10.2. The summed E-state index contributed by atoms with van der Waals surface area (Å²) in [7, 11) is 0. The monoisotopic (exact) mass is 259 g/mol. The molecule has 0 bridgehead atoms. The van der Waals surface area contributed by atoms with Crippen molar-refractivity contribution < 1.29 is 24.6 Å². The van der Waals surface area contributed by atoms with Gasteiger partial charge in [-0.15, -0.1) is 0 Å². The number of rotatable bonds is 6. The molecular formula is C10H17N3O5. The molecule has 0 spiro atoms. The topological polar surface area (TPSA) is 128 Å². The number of amides is 3. The van der Waals surface area contributed by atoms with E-state index in [1.54, 1.807) is 0 Å². The lowest BCUT2D eigenvalue weighted by Gasteiger charge is -2.17. The Bertz CT molecular complexity index is 340. The molecule has 0 aromatic carbocycles. The lowest BCUT2D eigenvalue weighted by Crippen LogP contribution is -2.52. The van der Waals surface area contributed by atoms with Gasteiger partial charge in [0, 0.05) is 6.04 Å². The standard InChI is InChI=1S/C10H17N3O5/c1-5(14)8(9(16)17)13-10(18)11-4-7(15)12-6-2-3-6/h5-6,8,14H,2-4H2,1H3,(H,12,15)(H,16,17)(H2,11,13,18). The summed E-state index contributed by atoms with van der Waals surface area (Å²) in [6.07, 6.45) is 0.663. The first-order valence-corrected chi connectivity index (χ1v) is 5.64. The van der Waals surface area contributed by atoms with Gasteiger partial charge in [0.05, 0.1) is 12.6 Å². The minimum atomic E-state index is -1.41. The van der Waals surface area contributed by atoms with Crippen molar-refractivity contribution in [2.24, 2.45) is 0 Å². The molecule has 5 N–H and O–H groups in total. The van der Waals surface area contributed by atoms with Crippen molar-refractivity contribution in [3.63, 3.8) is 0 Å². The fourth-order valence-corrected chi connectivity index (χ4v) is 1.25. The highest BCUT2D eigenvalue weighted by molar-refractivity contribution is 5.86. The molecule has 0 aliphatic heterocycles. The number of carboxylic acid groups (broad SMARTS) is 1. The molecule has 1 saturated carbocycles. The Kier molecular flexibility index (Phi) is 4.90. The Labute approximate surface area is 104 Å². The van der Waals surface area contributed by atoms with Gasteiger partial charge >= 0.3 is 12.0 Å². The van der Waals surface area contributed by atoms with Crippen LogP contribution in [0.1, 0.15) is 19.8 Å². The van der Waals surface area contributed by atoms with Gasteiger partial charge in [-0.25, -0.2) is 9.59 Å². The summed E-state index contributed by atoms with van der Waals surface area (Å²) in [4.78, 5) is 33.2. The van der Waals surface area contributed by atoms with Crippen LogP contribution in [0.2, 0.25) is 0 Å². The highest BCUT2D eigenvalue weighted by Crippen LogP contribution is 2.18. The number of carbonyl (C=O) groups is 3. The van der Waals surface area contributed by atoms with Crippen LogP contribution in [0.3, 0.4) is 0 Å². The van der Waals surface area contributed by atoms with Gasteiger partial charge in [0.1, 0.15) is 0 Å². The first-order valence-electron chi connectivity index (χ1n) is 5.64. The van der Waals surface area contributed by atoms with E-state index < -0.39 is 24.1 Å². The van der Waals surface area contributed by atoms with Crippen LogP contribution in [0.25, 0.3) is 0 Å². The number of aliphatic hydroxyl groups is 1. The molecule has 1 aliphatic rings. The molecule has 8 heteroatoms. The molecule has 0 radical (unpaired) electrons. The van der Waals surface area contributed by atoms with Gasteiger partial charge in [-0.1, -0.05) is 0 Å². The largest absolute Gasteiger partial charge is 0.480 e. The quantitative estimate of drug-likeness (QED) is 0.392. The average molecular weight is 259 g/mol. The first-order chi connectivity index (χ1) is 8.40. The first kappa shape index (κ1) is 14.2. The van der Waals surface area contributed by atoms with Crippen molar-refractivity contribution in [2.75, 3.05) is 6.54 Å². The predicted molar refractivity (Wildman–Crippen MR) is 60.8 cm³/mol. The number of carbonyl (C=O) groups excluding carboxylic acids is 2. The van der Waals surface area contributed by atoms with Crippen molar-refractivity contribution in [3.05, 3.63) is 0 Å². The Hall–Kier alpha value is -1.83. The normalized spacial score (nSPS) is 17.4. The number of aliphatic carboxylic acids is 1. The lowest BCUT2D eigenvalue weighted by molar-refractivity contribution is -0.141. The molecule has 0 aromatic heterocycles. The number of carboxylic acids is 1. The van der Waals surface area contributed by atoms with E-state index in [-0.39, 0.29) is 18.5 Å². The van der Waals surface area contributed by atoms with E-state index >= 15 is 0 Å². The summed E-state index contributed by atoms with van der Waals surface area (Å²) in [5.41, 5.74) is 0. The van der Waals surface area contributed by atoms with E-state index in [9.17, 15) is 14.4 Å². The molecule has 0 saturated heterocycles. The highest BCUT2D eigenvalue weighted by atomic mass is 16.4. The average Bonchev–Trinajstić information content (AvgIpc) is 3.06. The number of urea groups is 1. The van der Waals surface area contributed by atoms with E-state index in [0.29, 0.717) is 0 Å². The summed E-state index contributed by atoms with van der Waals surface area (Å²) < 4.78 is 0. The zero-order chi connectivity index (χ0) is 13.7. The second kappa shape index (κ2) is 6.20. The maximum absolute atomic E-state index is 11.3. The van der Waals surface area contributed by atoms with Gasteiger partial charge < -0.3 is 26.2 Å². The van der Waals surface area contributed by atoms with Crippen molar-refractivity contribution in [2.45, 2.75) is 38.0 Å².